The molecule has 172 valence electrons. The number of anilines is 2. The molecule has 0 aliphatic carbocycles. The van der Waals surface area contributed by atoms with Gasteiger partial charge < -0.3 is 25.0 Å². The summed E-state index contributed by atoms with van der Waals surface area (Å²) in [5.74, 6) is -0.712. The Morgan fingerprint density at radius 1 is 1.26 bits per heavy atom. The summed E-state index contributed by atoms with van der Waals surface area (Å²) in [6.07, 6.45) is 4.97. The number of morpholine rings is 1. The average Bonchev–Trinajstić information content (AvgIpc) is 2.79. The van der Waals surface area contributed by atoms with Crippen molar-refractivity contribution in [2.45, 2.75) is 38.6 Å². The minimum absolute atomic E-state index is 0.131. The minimum Gasteiger partial charge on any atom is -0.478 e. The van der Waals surface area contributed by atoms with E-state index in [0.717, 1.165) is 71.7 Å². The second kappa shape index (κ2) is 11.4. The van der Waals surface area contributed by atoms with Crippen molar-refractivity contribution in [3.63, 3.8) is 0 Å². The lowest BCUT2D eigenvalue weighted by Crippen LogP contribution is -2.45. The number of amides is 1. The SMILES string of the molecule is CCC(=O)Nc1cnc(N2CCC(N(C)CCCN3CCOCC3)CC2)c(C(=O)O)c1. The van der Waals surface area contributed by atoms with Crippen LogP contribution in [0.2, 0.25) is 0 Å². The maximum absolute atomic E-state index is 11.8. The van der Waals surface area contributed by atoms with Gasteiger partial charge in [-0.3, -0.25) is 9.69 Å². The van der Waals surface area contributed by atoms with Crippen molar-refractivity contribution in [1.29, 1.82) is 0 Å². The topological polar surface area (TPSA) is 98.2 Å². The fraction of sp³-hybridized carbons (Fsp3) is 0.682. The van der Waals surface area contributed by atoms with E-state index < -0.39 is 5.97 Å². The molecule has 0 atom stereocenters. The van der Waals surface area contributed by atoms with Crippen molar-refractivity contribution in [3.05, 3.63) is 17.8 Å². The minimum atomic E-state index is -1.03. The maximum atomic E-state index is 11.8. The Labute approximate surface area is 184 Å². The Morgan fingerprint density at radius 2 is 1.97 bits per heavy atom. The maximum Gasteiger partial charge on any atom is 0.339 e. The van der Waals surface area contributed by atoms with Gasteiger partial charge in [-0.2, -0.15) is 0 Å². The van der Waals surface area contributed by atoms with Crippen LogP contribution in [0.3, 0.4) is 0 Å². The van der Waals surface area contributed by atoms with Gasteiger partial charge in [-0.25, -0.2) is 9.78 Å². The predicted molar refractivity (Wildman–Crippen MR) is 120 cm³/mol. The lowest BCUT2D eigenvalue weighted by molar-refractivity contribution is -0.115. The van der Waals surface area contributed by atoms with Crippen molar-refractivity contribution in [3.8, 4) is 0 Å². The first-order valence-corrected chi connectivity index (χ1v) is 11.3. The van der Waals surface area contributed by atoms with Crippen LogP contribution in [0.15, 0.2) is 12.3 Å². The molecule has 2 fully saturated rings. The molecular formula is C22H35N5O4. The highest BCUT2D eigenvalue weighted by atomic mass is 16.5. The van der Waals surface area contributed by atoms with E-state index in [4.69, 9.17) is 4.74 Å². The molecule has 1 amide bonds. The van der Waals surface area contributed by atoms with E-state index in [1.807, 2.05) is 4.90 Å². The Bertz CT molecular complexity index is 745. The number of rotatable bonds is 9. The van der Waals surface area contributed by atoms with Crippen molar-refractivity contribution in [1.82, 2.24) is 14.8 Å². The van der Waals surface area contributed by atoms with Gasteiger partial charge in [0, 0.05) is 38.6 Å². The molecule has 0 unspecified atom stereocenters. The van der Waals surface area contributed by atoms with Crippen molar-refractivity contribution < 1.29 is 19.4 Å². The molecule has 1 aromatic rings. The monoisotopic (exact) mass is 433 g/mol. The molecule has 0 aromatic carbocycles. The number of hydrogen-bond donors (Lipinski definition) is 2. The molecule has 2 aliphatic heterocycles. The molecule has 3 rings (SSSR count). The Kier molecular flexibility index (Phi) is 8.62. The van der Waals surface area contributed by atoms with E-state index in [1.165, 1.54) is 6.07 Å². The highest BCUT2D eigenvalue weighted by Gasteiger charge is 2.26. The molecule has 1 aromatic heterocycles. The largest absolute Gasteiger partial charge is 0.478 e. The zero-order valence-electron chi connectivity index (χ0n) is 18.7. The first kappa shape index (κ1) is 23.4. The Balaban J connectivity index is 1.51. The number of hydrogen-bond acceptors (Lipinski definition) is 7. The number of nitrogens with one attached hydrogen (secondary N) is 1. The van der Waals surface area contributed by atoms with Crippen LogP contribution in [-0.4, -0.2) is 97.3 Å². The lowest BCUT2D eigenvalue weighted by Gasteiger charge is -2.38. The molecule has 2 saturated heterocycles. The third kappa shape index (κ3) is 6.62. The Morgan fingerprint density at radius 3 is 2.61 bits per heavy atom. The summed E-state index contributed by atoms with van der Waals surface area (Å²) in [5.41, 5.74) is 0.550. The summed E-state index contributed by atoms with van der Waals surface area (Å²) in [7, 11) is 2.19. The predicted octanol–water partition coefficient (Wildman–Crippen LogP) is 1.75. The number of aromatic carboxylic acids is 1. The van der Waals surface area contributed by atoms with E-state index in [9.17, 15) is 14.7 Å². The smallest absolute Gasteiger partial charge is 0.339 e. The van der Waals surface area contributed by atoms with Gasteiger partial charge in [-0.15, -0.1) is 0 Å². The fourth-order valence-electron chi connectivity index (χ4n) is 4.25. The number of carbonyl (C=O) groups excluding carboxylic acids is 1. The van der Waals surface area contributed by atoms with Crippen LogP contribution >= 0.6 is 0 Å². The zero-order chi connectivity index (χ0) is 22.2. The van der Waals surface area contributed by atoms with Gasteiger partial charge in [-0.1, -0.05) is 6.92 Å². The number of ether oxygens (including phenoxy) is 1. The second-order valence-electron chi connectivity index (χ2n) is 8.31. The zero-order valence-corrected chi connectivity index (χ0v) is 18.7. The van der Waals surface area contributed by atoms with Gasteiger partial charge in [0.2, 0.25) is 5.91 Å². The van der Waals surface area contributed by atoms with E-state index in [2.05, 4.69) is 27.1 Å². The molecule has 2 aliphatic rings. The number of carboxylic acid groups (broad SMARTS) is 1. The lowest BCUT2D eigenvalue weighted by atomic mass is 10.0. The van der Waals surface area contributed by atoms with Gasteiger partial charge in [0.1, 0.15) is 11.4 Å². The van der Waals surface area contributed by atoms with Crippen LogP contribution in [0.5, 0.6) is 0 Å². The van der Waals surface area contributed by atoms with E-state index in [-0.39, 0.29) is 11.5 Å². The van der Waals surface area contributed by atoms with E-state index in [0.29, 0.717) is 24.0 Å². The van der Waals surface area contributed by atoms with E-state index in [1.54, 1.807) is 13.1 Å². The molecule has 2 N–H and O–H groups in total. The van der Waals surface area contributed by atoms with Gasteiger partial charge in [0.25, 0.3) is 0 Å². The van der Waals surface area contributed by atoms with Crippen LogP contribution < -0.4 is 10.2 Å². The number of carboxylic acids is 1. The third-order valence-corrected chi connectivity index (χ3v) is 6.18. The molecule has 0 radical (unpaired) electrons. The number of aromatic nitrogens is 1. The summed E-state index contributed by atoms with van der Waals surface area (Å²) in [4.78, 5) is 34.7. The van der Waals surface area contributed by atoms with Gasteiger partial charge >= 0.3 is 5.97 Å². The molecule has 9 heteroatoms. The first-order chi connectivity index (χ1) is 15.0. The van der Waals surface area contributed by atoms with Crippen molar-refractivity contribution in [2.75, 3.05) is 69.7 Å². The van der Waals surface area contributed by atoms with Gasteiger partial charge in [0.05, 0.1) is 25.1 Å². The van der Waals surface area contributed by atoms with Crippen LogP contribution in [0, 0.1) is 0 Å². The summed E-state index contributed by atoms with van der Waals surface area (Å²) in [6.45, 7) is 9.20. The molecule has 31 heavy (non-hydrogen) atoms. The highest BCUT2D eigenvalue weighted by molar-refractivity contribution is 5.96. The molecule has 0 spiro atoms. The van der Waals surface area contributed by atoms with Crippen molar-refractivity contribution in [2.24, 2.45) is 0 Å². The molecule has 0 bridgehead atoms. The molecule has 0 saturated carbocycles. The summed E-state index contributed by atoms with van der Waals surface area (Å²) in [6, 6.07) is 2.00. The summed E-state index contributed by atoms with van der Waals surface area (Å²) in [5, 5.41) is 12.3. The van der Waals surface area contributed by atoms with E-state index >= 15 is 0 Å². The van der Waals surface area contributed by atoms with Crippen LogP contribution in [0.1, 0.15) is 43.0 Å². The van der Waals surface area contributed by atoms with Crippen LogP contribution in [0.4, 0.5) is 11.5 Å². The first-order valence-electron chi connectivity index (χ1n) is 11.3. The average molecular weight is 434 g/mol. The number of piperidine rings is 1. The van der Waals surface area contributed by atoms with Crippen LogP contribution in [0.25, 0.3) is 0 Å². The molecular weight excluding hydrogens is 398 g/mol. The summed E-state index contributed by atoms with van der Waals surface area (Å²) >= 11 is 0. The van der Waals surface area contributed by atoms with Gasteiger partial charge in [0.15, 0.2) is 0 Å². The number of nitrogens with zero attached hydrogens (tertiary/aromatic N) is 4. The highest BCUT2D eigenvalue weighted by Crippen LogP contribution is 2.26. The quantitative estimate of drug-likeness (QED) is 0.608. The van der Waals surface area contributed by atoms with Gasteiger partial charge in [-0.05, 0) is 45.5 Å². The molecule has 9 nitrogen and oxygen atoms in total. The number of carbonyl (C=O) groups is 2. The standard InChI is InChI=1S/C22H35N5O4/c1-3-20(28)24-17-15-19(22(29)30)21(23-16-17)27-9-5-18(6-10-27)25(2)7-4-8-26-11-13-31-14-12-26/h15-16,18H,3-14H2,1-2H3,(H,24,28)(H,29,30). The third-order valence-electron chi connectivity index (χ3n) is 6.18. The van der Waals surface area contributed by atoms with Crippen molar-refractivity contribution >= 4 is 23.4 Å². The number of pyridine rings is 1. The molecule has 3 heterocycles. The Hall–Kier alpha value is -2.23. The summed E-state index contributed by atoms with van der Waals surface area (Å²) < 4.78 is 5.40. The normalized spacial score (nSPS) is 18.4. The fourth-order valence-corrected chi connectivity index (χ4v) is 4.25. The van der Waals surface area contributed by atoms with Crippen LogP contribution in [-0.2, 0) is 9.53 Å². The second-order valence-corrected chi connectivity index (χ2v) is 8.31.